The van der Waals surface area contributed by atoms with Crippen molar-refractivity contribution in [3.8, 4) is 0 Å². The van der Waals surface area contributed by atoms with Crippen LogP contribution in [0.3, 0.4) is 0 Å². The molecule has 2 atom stereocenters. The molecule has 0 saturated carbocycles. The van der Waals surface area contributed by atoms with E-state index in [1.807, 2.05) is 11.3 Å². The molecule has 2 unspecified atom stereocenters. The molecule has 4 heteroatoms. The van der Waals surface area contributed by atoms with Crippen LogP contribution in [-0.2, 0) is 6.54 Å². The van der Waals surface area contributed by atoms with Gasteiger partial charge in [-0.15, -0.1) is 23.7 Å². The van der Waals surface area contributed by atoms with E-state index in [1.165, 1.54) is 15.6 Å². The van der Waals surface area contributed by atoms with Crippen LogP contribution in [0.2, 0.25) is 0 Å². The van der Waals surface area contributed by atoms with Crippen LogP contribution in [0.5, 0.6) is 0 Å². The number of nitrogens with one attached hydrogen (secondary N) is 1. The van der Waals surface area contributed by atoms with Crippen LogP contribution < -0.4 is 5.32 Å². The Labute approximate surface area is 125 Å². The first kappa shape index (κ1) is 14.8. The highest BCUT2D eigenvalue weighted by Crippen LogP contribution is 2.27. The first-order chi connectivity index (χ1) is 8.74. The molecule has 0 amide bonds. The Bertz CT molecular complexity index is 540. The second-order valence-corrected chi connectivity index (χ2v) is 6.26. The summed E-state index contributed by atoms with van der Waals surface area (Å²) in [6, 6.07) is 9.96. The number of thiophene rings is 1. The zero-order chi connectivity index (χ0) is 12.5. The van der Waals surface area contributed by atoms with Crippen LogP contribution in [0.25, 0.3) is 10.1 Å². The molecule has 2 heterocycles. The molecule has 1 fully saturated rings. The van der Waals surface area contributed by atoms with E-state index in [0.29, 0.717) is 12.1 Å². The lowest BCUT2D eigenvalue weighted by molar-refractivity contribution is 0.139. The van der Waals surface area contributed by atoms with Gasteiger partial charge in [-0.05, 0) is 36.2 Å². The Morgan fingerprint density at radius 2 is 2.11 bits per heavy atom. The second-order valence-electron chi connectivity index (χ2n) is 5.34. The van der Waals surface area contributed by atoms with E-state index in [0.717, 1.165) is 19.6 Å². The van der Waals surface area contributed by atoms with Crippen LogP contribution in [0.15, 0.2) is 29.6 Å². The van der Waals surface area contributed by atoms with Crippen molar-refractivity contribution in [2.45, 2.75) is 32.5 Å². The maximum atomic E-state index is 3.54. The van der Waals surface area contributed by atoms with Crippen LogP contribution >= 0.6 is 23.7 Å². The van der Waals surface area contributed by atoms with Crippen LogP contribution in [0.4, 0.5) is 0 Å². The Balaban J connectivity index is 0.00000133. The summed E-state index contributed by atoms with van der Waals surface area (Å²) >= 11 is 1.86. The summed E-state index contributed by atoms with van der Waals surface area (Å²) in [6.45, 7) is 7.91. The number of hydrogen-bond donors (Lipinski definition) is 1. The van der Waals surface area contributed by atoms with E-state index < -0.39 is 0 Å². The van der Waals surface area contributed by atoms with Gasteiger partial charge < -0.3 is 5.32 Å². The van der Waals surface area contributed by atoms with Crippen molar-refractivity contribution in [1.29, 1.82) is 0 Å². The normalized spacial score (nSPS) is 24.3. The van der Waals surface area contributed by atoms with E-state index in [2.05, 4.69) is 53.7 Å². The minimum Gasteiger partial charge on any atom is -0.311 e. The lowest BCUT2D eigenvalue weighted by atomic mass is 10.1. The van der Waals surface area contributed by atoms with Crippen molar-refractivity contribution in [3.05, 3.63) is 35.2 Å². The van der Waals surface area contributed by atoms with Crippen molar-refractivity contribution in [3.63, 3.8) is 0 Å². The summed E-state index contributed by atoms with van der Waals surface area (Å²) < 4.78 is 1.41. The lowest BCUT2D eigenvalue weighted by Gasteiger charge is -2.37. The largest absolute Gasteiger partial charge is 0.311 e. The zero-order valence-corrected chi connectivity index (χ0v) is 13.1. The molecule has 0 spiro atoms. The molecule has 1 aliphatic heterocycles. The fourth-order valence-corrected chi connectivity index (χ4v) is 3.65. The maximum Gasteiger partial charge on any atom is 0.0346 e. The van der Waals surface area contributed by atoms with Gasteiger partial charge in [0.15, 0.2) is 0 Å². The van der Waals surface area contributed by atoms with Gasteiger partial charge in [0.25, 0.3) is 0 Å². The quantitative estimate of drug-likeness (QED) is 0.912. The summed E-state index contributed by atoms with van der Waals surface area (Å²) in [5, 5.41) is 7.29. The minimum absolute atomic E-state index is 0. The van der Waals surface area contributed by atoms with Crippen molar-refractivity contribution in [1.82, 2.24) is 10.2 Å². The van der Waals surface area contributed by atoms with E-state index >= 15 is 0 Å². The third kappa shape index (κ3) is 3.11. The molecule has 1 aromatic heterocycles. The molecule has 104 valence electrons. The van der Waals surface area contributed by atoms with Gasteiger partial charge in [0.05, 0.1) is 0 Å². The molecule has 0 aliphatic carbocycles. The standard InChI is InChI=1S/C15H20N2S.ClH/c1-11-8-17(12(2)7-16-11)9-13-10-18-15-6-4-3-5-14(13)15;/h3-6,10-12,16H,7-9H2,1-2H3;1H. The summed E-state index contributed by atoms with van der Waals surface area (Å²) in [7, 11) is 0. The number of piperazine rings is 1. The van der Waals surface area contributed by atoms with Crippen molar-refractivity contribution in [2.75, 3.05) is 13.1 Å². The number of nitrogens with zero attached hydrogens (tertiary/aromatic N) is 1. The van der Waals surface area contributed by atoms with E-state index in [4.69, 9.17) is 0 Å². The molecular formula is C15H21ClN2S. The zero-order valence-electron chi connectivity index (χ0n) is 11.4. The molecule has 1 saturated heterocycles. The second kappa shape index (κ2) is 6.23. The van der Waals surface area contributed by atoms with Crippen LogP contribution in [0, 0.1) is 0 Å². The predicted molar refractivity (Wildman–Crippen MR) is 86.4 cm³/mol. The molecule has 3 rings (SSSR count). The van der Waals surface area contributed by atoms with Gasteiger partial charge >= 0.3 is 0 Å². The minimum atomic E-state index is 0. The van der Waals surface area contributed by atoms with E-state index in [9.17, 15) is 0 Å². The van der Waals surface area contributed by atoms with E-state index in [1.54, 1.807) is 0 Å². The van der Waals surface area contributed by atoms with Gasteiger partial charge in [-0.2, -0.15) is 0 Å². The average molecular weight is 297 g/mol. The lowest BCUT2D eigenvalue weighted by Crippen LogP contribution is -2.53. The molecule has 1 aliphatic rings. The first-order valence-electron chi connectivity index (χ1n) is 6.66. The summed E-state index contributed by atoms with van der Waals surface area (Å²) in [4.78, 5) is 2.59. The van der Waals surface area contributed by atoms with Gasteiger partial charge in [0, 0.05) is 36.4 Å². The monoisotopic (exact) mass is 296 g/mol. The summed E-state index contributed by atoms with van der Waals surface area (Å²) in [5.41, 5.74) is 1.48. The van der Waals surface area contributed by atoms with Gasteiger partial charge in [0.2, 0.25) is 0 Å². The number of fused-ring (bicyclic) bond motifs is 1. The van der Waals surface area contributed by atoms with Crippen LogP contribution in [0.1, 0.15) is 19.4 Å². The van der Waals surface area contributed by atoms with Crippen LogP contribution in [-0.4, -0.2) is 30.1 Å². The molecule has 0 radical (unpaired) electrons. The third-order valence-electron chi connectivity index (χ3n) is 3.83. The summed E-state index contributed by atoms with van der Waals surface area (Å²) in [5.74, 6) is 0. The number of hydrogen-bond acceptors (Lipinski definition) is 3. The molecule has 1 N–H and O–H groups in total. The Morgan fingerprint density at radius 3 is 2.95 bits per heavy atom. The number of halogens is 1. The topological polar surface area (TPSA) is 15.3 Å². The predicted octanol–water partition coefficient (Wildman–Crippen LogP) is 3.51. The molecule has 1 aromatic carbocycles. The SMILES string of the molecule is CC1CN(Cc2csc3ccccc23)C(C)CN1.Cl. The number of benzene rings is 1. The number of rotatable bonds is 2. The third-order valence-corrected chi connectivity index (χ3v) is 4.84. The van der Waals surface area contributed by atoms with E-state index in [-0.39, 0.29) is 12.4 Å². The van der Waals surface area contributed by atoms with Gasteiger partial charge in [-0.3, -0.25) is 4.90 Å². The van der Waals surface area contributed by atoms with Gasteiger partial charge in [0.1, 0.15) is 0 Å². The molecule has 2 nitrogen and oxygen atoms in total. The Morgan fingerprint density at radius 1 is 1.32 bits per heavy atom. The average Bonchev–Trinajstić information content (AvgIpc) is 2.78. The smallest absolute Gasteiger partial charge is 0.0346 e. The Kier molecular flexibility index (Phi) is 4.85. The van der Waals surface area contributed by atoms with Gasteiger partial charge in [-0.1, -0.05) is 18.2 Å². The van der Waals surface area contributed by atoms with Crippen molar-refractivity contribution < 1.29 is 0 Å². The molecule has 0 bridgehead atoms. The highest BCUT2D eigenvalue weighted by Gasteiger charge is 2.22. The first-order valence-corrected chi connectivity index (χ1v) is 7.54. The summed E-state index contributed by atoms with van der Waals surface area (Å²) in [6.07, 6.45) is 0. The fraction of sp³-hybridized carbons (Fsp3) is 0.467. The Hall–Kier alpha value is -0.610. The van der Waals surface area contributed by atoms with Gasteiger partial charge in [-0.25, -0.2) is 0 Å². The maximum absolute atomic E-state index is 3.54. The molecule has 19 heavy (non-hydrogen) atoms. The van der Waals surface area contributed by atoms with Crippen molar-refractivity contribution >= 4 is 33.8 Å². The highest BCUT2D eigenvalue weighted by molar-refractivity contribution is 7.17. The molecule has 2 aromatic rings. The highest BCUT2D eigenvalue weighted by atomic mass is 35.5. The fourth-order valence-electron chi connectivity index (χ4n) is 2.69. The molecular weight excluding hydrogens is 276 g/mol. The van der Waals surface area contributed by atoms with Crippen molar-refractivity contribution in [2.24, 2.45) is 0 Å².